The Labute approximate surface area is 125 Å². The molecule has 0 radical (unpaired) electrons. The van der Waals surface area contributed by atoms with Crippen LogP contribution < -0.4 is 10.6 Å². The Balaban J connectivity index is 2.13. The van der Waals surface area contributed by atoms with E-state index in [0.29, 0.717) is 13.0 Å². The third-order valence-electron chi connectivity index (χ3n) is 3.48. The molecule has 2 rings (SSSR count). The first-order valence-corrected chi connectivity index (χ1v) is 7.06. The second-order valence-corrected chi connectivity index (χ2v) is 6.49. The van der Waals surface area contributed by atoms with Crippen molar-refractivity contribution in [3.63, 3.8) is 0 Å². The number of benzene rings is 1. The molecule has 114 valence electrons. The van der Waals surface area contributed by atoms with Crippen LogP contribution in [0.2, 0.25) is 0 Å². The molecule has 0 bridgehead atoms. The molecule has 2 N–H and O–H groups in total. The lowest BCUT2D eigenvalue weighted by Gasteiger charge is -2.41. The number of alkyl carbamates (subject to hydrolysis) is 1. The largest absolute Gasteiger partial charge is 0.444 e. The molecule has 1 heterocycles. The van der Waals surface area contributed by atoms with E-state index in [1.165, 1.54) is 0 Å². The topological polar surface area (TPSA) is 67.4 Å². The van der Waals surface area contributed by atoms with E-state index >= 15 is 0 Å². The third kappa shape index (κ3) is 3.54. The average molecular weight is 290 g/mol. The van der Waals surface area contributed by atoms with E-state index in [0.717, 1.165) is 11.1 Å². The van der Waals surface area contributed by atoms with E-state index in [-0.39, 0.29) is 5.91 Å². The lowest BCUT2D eigenvalue weighted by Crippen LogP contribution is -2.74. The second kappa shape index (κ2) is 5.39. The quantitative estimate of drug-likeness (QED) is 0.836. The number of carbonyl (C=O) groups excluding carboxylic acids is 2. The van der Waals surface area contributed by atoms with Gasteiger partial charge in [-0.15, -0.1) is 0 Å². The number of rotatable bonds is 3. The molecule has 1 aliphatic heterocycles. The molecule has 1 aromatic rings. The van der Waals surface area contributed by atoms with Crippen molar-refractivity contribution >= 4 is 12.0 Å². The number of ether oxygens (including phenoxy) is 1. The first-order chi connectivity index (χ1) is 9.72. The molecule has 1 aromatic carbocycles. The van der Waals surface area contributed by atoms with Crippen molar-refractivity contribution in [1.82, 2.24) is 10.6 Å². The summed E-state index contributed by atoms with van der Waals surface area (Å²) in [6, 6.07) is 7.85. The Hall–Kier alpha value is -2.04. The maximum Gasteiger partial charge on any atom is 0.408 e. The van der Waals surface area contributed by atoms with Gasteiger partial charge in [0.05, 0.1) is 6.54 Å². The Morgan fingerprint density at radius 1 is 1.38 bits per heavy atom. The monoisotopic (exact) mass is 290 g/mol. The molecule has 21 heavy (non-hydrogen) atoms. The van der Waals surface area contributed by atoms with Crippen molar-refractivity contribution in [2.24, 2.45) is 0 Å². The number of β-lactam (4-membered cyclic amide) rings is 1. The van der Waals surface area contributed by atoms with Crippen LogP contribution in [0, 0.1) is 6.92 Å². The number of nitrogens with one attached hydrogen (secondary N) is 2. The maximum atomic E-state index is 12.0. The minimum atomic E-state index is -0.908. The molecule has 1 saturated heterocycles. The lowest BCUT2D eigenvalue weighted by atomic mass is 9.83. The highest BCUT2D eigenvalue weighted by Gasteiger charge is 2.48. The van der Waals surface area contributed by atoms with Gasteiger partial charge in [0.25, 0.3) is 0 Å². The van der Waals surface area contributed by atoms with Crippen molar-refractivity contribution in [2.75, 3.05) is 6.54 Å². The van der Waals surface area contributed by atoms with Crippen LogP contribution in [0.15, 0.2) is 24.3 Å². The first-order valence-electron chi connectivity index (χ1n) is 7.06. The molecule has 1 fully saturated rings. The standard InChI is InChI=1S/C16H22N2O3/c1-11-7-5-6-8-12(11)9-16(10-17-13(16)19)18-14(20)21-15(2,3)4/h5-8H,9-10H2,1-4H3,(H,17,19)(H,18,20)/t16-/m1/s1. The second-order valence-electron chi connectivity index (χ2n) is 6.49. The van der Waals surface area contributed by atoms with E-state index in [1.54, 1.807) is 20.8 Å². The molecule has 1 aliphatic rings. The van der Waals surface area contributed by atoms with Crippen LogP contribution in [-0.2, 0) is 16.0 Å². The van der Waals surface area contributed by atoms with Gasteiger partial charge < -0.3 is 15.4 Å². The van der Waals surface area contributed by atoms with Gasteiger partial charge in [-0.3, -0.25) is 4.79 Å². The van der Waals surface area contributed by atoms with Gasteiger partial charge in [0.15, 0.2) is 0 Å². The fourth-order valence-electron chi connectivity index (χ4n) is 2.29. The van der Waals surface area contributed by atoms with Crippen molar-refractivity contribution in [3.05, 3.63) is 35.4 Å². The molecule has 0 spiro atoms. The molecular weight excluding hydrogens is 268 g/mol. The van der Waals surface area contributed by atoms with E-state index in [4.69, 9.17) is 4.74 Å². The Kier molecular flexibility index (Phi) is 3.94. The lowest BCUT2D eigenvalue weighted by molar-refractivity contribution is -0.135. The maximum absolute atomic E-state index is 12.0. The van der Waals surface area contributed by atoms with Crippen LogP contribution in [0.5, 0.6) is 0 Å². The molecule has 0 aromatic heterocycles. The summed E-state index contributed by atoms with van der Waals surface area (Å²) in [5.41, 5.74) is 0.647. The Morgan fingerprint density at radius 3 is 2.52 bits per heavy atom. The fourth-order valence-corrected chi connectivity index (χ4v) is 2.29. The summed E-state index contributed by atoms with van der Waals surface area (Å²) < 4.78 is 5.26. The number of amides is 2. The molecule has 0 unspecified atom stereocenters. The number of carbonyl (C=O) groups is 2. The zero-order chi connectivity index (χ0) is 15.7. The summed E-state index contributed by atoms with van der Waals surface area (Å²) in [5, 5.41) is 5.44. The van der Waals surface area contributed by atoms with Crippen LogP contribution >= 0.6 is 0 Å². The zero-order valence-electron chi connectivity index (χ0n) is 12.9. The highest BCUT2D eigenvalue weighted by Crippen LogP contribution is 2.22. The third-order valence-corrected chi connectivity index (χ3v) is 3.48. The number of hydrogen-bond acceptors (Lipinski definition) is 3. The summed E-state index contributed by atoms with van der Waals surface area (Å²) >= 11 is 0. The van der Waals surface area contributed by atoms with E-state index in [9.17, 15) is 9.59 Å². The molecular formula is C16H22N2O3. The smallest absolute Gasteiger partial charge is 0.408 e. The van der Waals surface area contributed by atoms with Crippen molar-refractivity contribution in [3.8, 4) is 0 Å². The summed E-state index contributed by atoms with van der Waals surface area (Å²) in [6.45, 7) is 7.79. The van der Waals surface area contributed by atoms with E-state index in [1.807, 2.05) is 31.2 Å². The predicted molar refractivity (Wildman–Crippen MR) is 80.0 cm³/mol. The molecule has 5 nitrogen and oxygen atoms in total. The summed E-state index contributed by atoms with van der Waals surface area (Å²) in [5.74, 6) is -0.170. The SMILES string of the molecule is Cc1ccccc1C[C@@]1(NC(=O)OC(C)(C)C)CNC1=O. The van der Waals surface area contributed by atoms with E-state index in [2.05, 4.69) is 10.6 Å². The summed E-state index contributed by atoms with van der Waals surface area (Å²) in [6.07, 6.45) is -0.101. The molecule has 5 heteroatoms. The van der Waals surface area contributed by atoms with Gasteiger partial charge in [-0.2, -0.15) is 0 Å². The van der Waals surface area contributed by atoms with Crippen LogP contribution in [0.1, 0.15) is 31.9 Å². The first kappa shape index (κ1) is 15.4. The van der Waals surface area contributed by atoms with Gasteiger partial charge in [-0.1, -0.05) is 24.3 Å². The Bertz CT molecular complexity index is 563. The van der Waals surface area contributed by atoms with Gasteiger partial charge in [-0.25, -0.2) is 4.79 Å². The van der Waals surface area contributed by atoms with Crippen LogP contribution in [-0.4, -0.2) is 29.7 Å². The average Bonchev–Trinajstić information content (AvgIpc) is 2.36. The van der Waals surface area contributed by atoms with Gasteiger partial charge in [-0.05, 0) is 38.8 Å². The van der Waals surface area contributed by atoms with Gasteiger partial charge in [0.2, 0.25) is 5.91 Å². The van der Waals surface area contributed by atoms with E-state index < -0.39 is 17.2 Å². The minimum absolute atomic E-state index is 0.170. The molecule has 1 atom stereocenters. The predicted octanol–water partition coefficient (Wildman–Crippen LogP) is 1.93. The highest BCUT2D eigenvalue weighted by molar-refractivity contribution is 5.96. The number of hydrogen-bond donors (Lipinski definition) is 2. The van der Waals surface area contributed by atoms with Crippen LogP contribution in [0.4, 0.5) is 4.79 Å². The van der Waals surface area contributed by atoms with Crippen molar-refractivity contribution in [1.29, 1.82) is 0 Å². The Morgan fingerprint density at radius 2 is 2.05 bits per heavy atom. The molecule has 0 saturated carbocycles. The summed E-state index contributed by atoms with van der Waals surface area (Å²) in [4.78, 5) is 24.0. The van der Waals surface area contributed by atoms with Crippen LogP contribution in [0.25, 0.3) is 0 Å². The van der Waals surface area contributed by atoms with Crippen LogP contribution in [0.3, 0.4) is 0 Å². The van der Waals surface area contributed by atoms with Gasteiger partial charge in [0.1, 0.15) is 11.1 Å². The van der Waals surface area contributed by atoms with Crippen molar-refractivity contribution in [2.45, 2.75) is 45.3 Å². The normalized spacial score (nSPS) is 21.2. The summed E-state index contributed by atoms with van der Waals surface area (Å²) in [7, 11) is 0. The van der Waals surface area contributed by atoms with Gasteiger partial charge in [0, 0.05) is 6.42 Å². The zero-order valence-corrected chi connectivity index (χ0v) is 12.9. The fraction of sp³-hybridized carbons (Fsp3) is 0.500. The molecule has 2 amide bonds. The molecule has 0 aliphatic carbocycles. The van der Waals surface area contributed by atoms with Gasteiger partial charge >= 0.3 is 6.09 Å². The number of aryl methyl sites for hydroxylation is 1. The highest BCUT2D eigenvalue weighted by atomic mass is 16.6. The van der Waals surface area contributed by atoms with Crippen molar-refractivity contribution < 1.29 is 14.3 Å². The minimum Gasteiger partial charge on any atom is -0.444 e.